The number of hydrogen-bond acceptors (Lipinski definition) is 2. The standard InChI is InChI=1S/C45H30BN2O/c1-28-20-22-32(23-21-28)47-38-18-10-8-16-33(38)36-26-35(29-12-4-2-5-13-29)43-34-17-9-11-19-39(34)48-40-24-31-25-41(30-14-6-3-7-15-30)49-42(31)27-37(40)46-44(36)45(43)48/h2-27,47H,1H3. The van der Waals surface area contributed by atoms with Crippen molar-refractivity contribution in [3.05, 3.63) is 163 Å². The fourth-order valence-electron chi connectivity index (χ4n) is 7.57. The molecule has 1 aliphatic heterocycles. The Kier molecular flexibility index (Phi) is 6.19. The van der Waals surface area contributed by atoms with E-state index in [0.29, 0.717) is 0 Å². The maximum absolute atomic E-state index is 6.50. The molecule has 1 aliphatic rings. The Hall–Kier alpha value is -6.26. The van der Waals surface area contributed by atoms with E-state index in [9.17, 15) is 0 Å². The lowest BCUT2D eigenvalue weighted by atomic mass is 9.58. The van der Waals surface area contributed by atoms with Gasteiger partial charge >= 0.3 is 0 Å². The summed E-state index contributed by atoms with van der Waals surface area (Å²) in [6.07, 6.45) is 0. The molecule has 0 fully saturated rings. The minimum atomic E-state index is 0.876. The summed E-state index contributed by atoms with van der Waals surface area (Å²) < 4.78 is 8.98. The molecule has 3 nitrogen and oxygen atoms in total. The predicted molar refractivity (Wildman–Crippen MR) is 206 cm³/mol. The van der Waals surface area contributed by atoms with Crippen LogP contribution in [0.5, 0.6) is 0 Å². The number of nitrogens with one attached hydrogen (secondary N) is 1. The molecule has 4 heteroatoms. The molecule has 7 aromatic carbocycles. The largest absolute Gasteiger partial charge is 0.456 e. The molecule has 49 heavy (non-hydrogen) atoms. The number of nitrogens with zero attached hydrogens (tertiary/aromatic N) is 1. The van der Waals surface area contributed by atoms with Gasteiger partial charge in [-0.15, -0.1) is 0 Å². The van der Waals surface area contributed by atoms with Gasteiger partial charge in [0.15, 0.2) is 7.28 Å². The molecule has 0 spiro atoms. The van der Waals surface area contributed by atoms with E-state index in [0.717, 1.165) is 50.4 Å². The van der Waals surface area contributed by atoms with E-state index in [2.05, 4.69) is 176 Å². The number of aryl methyl sites for hydroxylation is 1. The molecule has 2 aromatic heterocycles. The monoisotopic (exact) mass is 625 g/mol. The van der Waals surface area contributed by atoms with Crippen LogP contribution in [0.3, 0.4) is 0 Å². The van der Waals surface area contributed by atoms with Gasteiger partial charge in [0, 0.05) is 49.9 Å². The maximum atomic E-state index is 6.50. The molecular weight excluding hydrogens is 595 g/mol. The minimum absolute atomic E-state index is 0.876. The Morgan fingerprint density at radius 3 is 2.14 bits per heavy atom. The van der Waals surface area contributed by atoms with Crippen molar-refractivity contribution in [1.82, 2.24) is 4.57 Å². The second-order valence-electron chi connectivity index (χ2n) is 12.9. The van der Waals surface area contributed by atoms with E-state index in [1.165, 1.54) is 49.5 Å². The quantitative estimate of drug-likeness (QED) is 0.193. The van der Waals surface area contributed by atoms with E-state index in [1.807, 2.05) is 6.07 Å². The number of hydrogen-bond donors (Lipinski definition) is 1. The Morgan fingerprint density at radius 1 is 0.612 bits per heavy atom. The van der Waals surface area contributed by atoms with Crippen molar-refractivity contribution in [2.45, 2.75) is 6.92 Å². The summed E-state index contributed by atoms with van der Waals surface area (Å²) in [5.74, 6) is 0.876. The van der Waals surface area contributed by atoms with Gasteiger partial charge in [0.05, 0.1) is 5.52 Å². The van der Waals surface area contributed by atoms with Gasteiger partial charge < -0.3 is 14.3 Å². The number of furan rings is 1. The van der Waals surface area contributed by atoms with Crippen LogP contribution in [0.4, 0.5) is 11.4 Å². The summed E-state index contributed by atoms with van der Waals surface area (Å²) in [6.45, 7) is 2.12. The van der Waals surface area contributed by atoms with Crippen molar-refractivity contribution in [3.8, 4) is 39.3 Å². The molecule has 0 bridgehead atoms. The summed E-state index contributed by atoms with van der Waals surface area (Å²) in [4.78, 5) is 0. The van der Waals surface area contributed by atoms with Crippen molar-refractivity contribution < 1.29 is 4.42 Å². The summed E-state index contributed by atoms with van der Waals surface area (Å²) in [5.41, 5.74) is 16.0. The topological polar surface area (TPSA) is 30.1 Å². The van der Waals surface area contributed by atoms with E-state index in [4.69, 9.17) is 4.42 Å². The maximum Gasteiger partial charge on any atom is 0.198 e. The fraction of sp³-hybridized carbons (Fsp3) is 0.0222. The van der Waals surface area contributed by atoms with Gasteiger partial charge in [-0.25, -0.2) is 0 Å². The molecule has 10 rings (SSSR count). The molecule has 229 valence electrons. The van der Waals surface area contributed by atoms with Crippen molar-refractivity contribution in [2.24, 2.45) is 0 Å². The average Bonchev–Trinajstić information content (AvgIpc) is 3.73. The summed E-state index contributed by atoms with van der Waals surface area (Å²) in [5, 5.41) is 7.34. The van der Waals surface area contributed by atoms with Gasteiger partial charge in [0.1, 0.15) is 11.3 Å². The molecule has 1 N–H and O–H groups in total. The summed E-state index contributed by atoms with van der Waals surface area (Å²) in [6, 6.07) is 56.3. The Bertz CT molecular complexity index is 2710. The number of para-hydroxylation sites is 2. The number of benzene rings is 7. The van der Waals surface area contributed by atoms with Gasteiger partial charge in [-0.3, -0.25) is 0 Å². The van der Waals surface area contributed by atoms with Crippen LogP contribution in [0.15, 0.2) is 162 Å². The van der Waals surface area contributed by atoms with Crippen molar-refractivity contribution >= 4 is 62.4 Å². The lowest BCUT2D eigenvalue weighted by Gasteiger charge is -2.25. The lowest BCUT2D eigenvalue weighted by molar-refractivity contribution is 0.632. The van der Waals surface area contributed by atoms with Gasteiger partial charge in [-0.2, -0.15) is 0 Å². The van der Waals surface area contributed by atoms with E-state index in [1.54, 1.807) is 0 Å². The van der Waals surface area contributed by atoms with E-state index in [-0.39, 0.29) is 0 Å². The summed E-state index contributed by atoms with van der Waals surface area (Å²) >= 11 is 0. The Morgan fingerprint density at radius 2 is 1.33 bits per heavy atom. The van der Waals surface area contributed by atoms with Crippen LogP contribution in [0.2, 0.25) is 0 Å². The third-order valence-corrected chi connectivity index (χ3v) is 9.88. The smallest absolute Gasteiger partial charge is 0.198 e. The summed E-state index contributed by atoms with van der Waals surface area (Å²) in [7, 11) is 2.37. The third-order valence-electron chi connectivity index (χ3n) is 9.88. The molecule has 0 aliphatic carbocycles. The molecule has 0 atom stereocenters. The molecule has 1 radical (unpaired) electrons. The highest BCUT2D eigenvalue weighted by Gasteiger charge is 2.29. The van der Waals surface area contributed by atoms with Gasteiger partial charge in [0.25, 0.3) is 0 Å². The van der Waals surface area contributed by atoms with Crippen LogP contribution in [-0.4, -0.2) is 11.8 Å². The molecule has 3 heterocycles. The van der Waals surface area contributed by atoms with Crippen LogP contribution >= 0.6 is 0 Å². The Labute approximate surface area is 285 Å². The molecule has 0 unspecified atom stereocenters. The first kappa shape index (κ1) is 27.8. The molecule has 0 saturated heterocycles. The average molecular weight is 626 g/mol. The SMILES string of the molecule is Cc1ccc(Nc2ccccc2-c2cc(-c3ccccc3)c3c4ccccc4n4c3c2[B]c2cc3oc(-c5ccccc5)cc3cc2-4)cc1. The van der Waals surface area contributed by atoms with Crippen LogP contribution in [0.25, 0.3) is 72.0 Å². The highest BCUT2D eigenvalue weighted by Crippen LogP contribution is 2.43. The van der Waals surface area contributed by atoms with Crippen LogP contribution in [0, 0.1) is 6.92 Å². The van der Waals surface area contributed by atoms with Crippen LogP contribution in [0.1, 0.15) is 5.56 Å². The predicted octanol–water partition coefficient (Wildman–Crippen LogP) is 10.6. The van der Waals surface area contributed by atoms with Crippen LogP contribution < -0.4 is 16.2 Å². The molecule has 0 amide bonds. The normalized spacial score (nSPS) is 11.9. The second kappa shape index (κ2) is 10.9. The minimum Gasteiger partial charge on any atom is -0.456 e. The highest BCUT2D eigenvalue weighted by molar-refractivity contribution is 6.74. The first-order valence-corrected chi connectivity index (χ1v) is 16.8. The zero-order valence-corrected chi connectivity index (χ0v) is 26.9. The van der Waals surface area contributed by atoms with Gasteiger partial charge in [-0.05, 0) is 77.6 Å². The first-order chi connectivity index (χ1) is 24.2. The molecule has 0 saturated carbocycles. The second-order valence-corrected chi connectivity index (χ2v) is 12.9. The zero-order chi connectivity index (χ0) is 32.5. The Balaban J connectivity index is 1.28. The zero-order valence-electron chi connectivity index (χ0n) is 26.9. The first-order valence-electron chi connectivity index (χ1n) is 16.8. The van der Waals surface area contributed by atoms with Gasteiger partial charge in [0.2, 0.25) is 0 Å². The van der Waals surface area contributed by atoms with Crippen molar-refractivity contribution in [2.75, 3.05) is 5.32 Å². The lowest BCUT2D eigenvalue weighted by Crippen LogP contribution is -2.37. The fourth-order valence-corrected chi connectivity index (χ4v) is 7.57. The van der Waals surface area contributed by atoms with Crippen LogP contribution in [-0.2, 0) is 0 Å². The van der Waals surface area contributed by atoms with Crippen molar-refractivity contribution in [1.29, 1.82) is 0 Å². The van der Waals surface area contributed by atoms with E-state index >= 15 is 0 Å². The molecular formula is C45H30BN2O. The third kappa shape index (κ3) is 4.45. The number of aromatic nitrogens is 1. The number of fused-ring (bicyclic) bond motifs is 6. The van der Waals surface area contributed by atoms with E-state index < -0.39 is 0 Å². The highest BCUT2D eigenvalue weighted by atomic mass is 16.3. The van der Waals surface area contributed by atoms with Crippen molar-refractivity contribution in [3.63, 3.8) is 0 Å². The number of rotatable bonds is 5. The van der Waals surface area contributed by atoms with Gasteiger partial charge in [-0.1, -0.05) is 120 Å². The molecule has 9 aromatic rings. The number of anilines is 2.